The Labute approximate surface area is 83.4 Å². The van der Waals surface area contributed by atoms with E-state index in [1.165, 1.54) is 13.8 Å². The maximum atomic E-state index is 11.3. The third kappa shape index (κ3) is 3.87. The molecule has 1 unspecified atom stereocenters. The van der Waals surface area contributed by atoms with E-state index in [2.05, 4.69) is 4.74 Å². The SMILES string of the molecule is CCOC(=O)CS(=O)(=O)C(C)C(C)=O. The maximum Gasteiger partial charge on any atom is 0.321 e. The predicted molar refractivity (Wildman–Crippen MR) is 50.6 cm³/mol. The van der Waals surface area contributed by atoms with Crippen molar-refractivity contribution < 1.29 is 22.7 Å². The lowest BCUT2D eigenvalue weighted by molar-refractivity contribution is -0.139. The normalized spacial score (nSPS) is 13.4. The smallest absolute Gasteiger partial charge is 0.321 e. The molecule has 0 aromatic heterocycles. The fraction of sp³-hybridized carbons (Fsp3) is 0.750. The zero-order valence-electron chi connectivity index (χ0n) is 8.44. The second-order valence-electron chi connectivity index (χ2n) is 2.87. The monoisotopic (exact) mass is 222 g/mol. The molecule has 0 rings (SSSR count). The Morgan fingerprint density at radius 3 is 2.21 bits per heavy atom. The van der Waals surface area contributed by atoms with Gasteiger partial charge in [0.15, 0.2) is 9.84 Å². The largest absolute Gasteiger partial charge is 0.465 e. The number of esters is 1. The molecule has 0 saturated heterocycles. The van der Waals surface area contributed by atoms with Crippen molar-refractivity contribution in [3.8, 4) is 0 Å². The lowest BCUT2D eigenvalue weighted by Crippen LogP contribution is -2.31. The quantitative estimate of drug-likeness (QED) is 0.609. The molecule has 0 amide bonds. The molecule has 0 radical (unpaired) electrons. The van der Waals surface area contributed by atoms with Crippen molar-refractivity contribution in [3.63, 3.8) is 0 Å². The van der Waals surface area contributed by atoms with Crippen LogP contribution in [0.3, 0.4) is 0 Å². The van der Waals surface area contributed by atoms with Gasteiger partial charge in [-0.15, -0.1) is 0 Å². The number of carbonyl (C=O) groups excluding carboxylic acids is 2. The molecule has 0 heterocycles. The number of hydrogen-bond donors (Lipinski definition) is 0. The van der Waals surface area contributed by atoms with E-state index in [-0.39, 0.29) is 6.61 Å². The number of sulfone groups is 1. The summed E-state index contributed by atoms with van der Waals surface area (Å²) in [5.74, 6) is -2.03. The Hall–Kier alpha value is -0.910. The lowest BCUT2D eigenvalue weighted by Gasteiger charge is -2.08. The average molecular weight is 222 g/mol. The molecule has 0 fully saturated rings. The summed E-state index contributed by atoms with van der Waals surface area (Å²) in [7, 11) is -3.71. The van der Waals surface area contributed by atoms with E-state index in [0.717, 1.165) is 0 Å². The molecular weight excluding hydrogens is 208 g/mol. The molecule has 5 nitrogen and oxygen atoms in total. The van der Waals surface area contributed by atoms with Crippen LogP contribution in [0.25, 0.3) is 0 Å². The van der Waals surface area contributed by atoms with E-state index in [9.17, 15) is 18.0 Å². The molecule has 0 aliphatic rings. The first-order chi connectivity index (χ1) is 6.31. The zero-order chi connectivity index (χ0) is 11.4. The lowest BCUT2D eigenvalue weighted by atomic mass is 10.3. The van der Waals surface area contributed by atoms with Crippen LogP contribution in [-0.2, 0) is 24.2 Å². The van der Waals surface area contributed by atoms with Gasteiger partial charge >= 0.3 is 5.97 Å². The van der Waals surface area contributed by atoms with Crippen molar-refractivity contribution in [2.45, 2.75) is 26.0 Å². The Balaban J connectivity index is 4.50. The summed E-state index contributed by atoms with van der Waals surface area (Å²) in [4.78, 5) is 21.7. The van der Waals surface area contributed by atoms with Crippen LogP contribution in [0, 0.1) is 0 Å². The number of ketones is 1. The van der Waals surface area contributed by atoms with E-state index < -0.39 is 32.6 Å². The Morgan fingerprint density at radius 1 is 1.36 bits per heavy atom. The van der Waals surface area contributed by atoms with Crippen LogP contribution in [-0.4, -0.2) is 37.8 Å². The van der Waals surface area contributed by atoms with E-state index >= 15 is 0 Å². The number of rotatable bonds is 5. The van der Waals surface area contributed by atoms with Gasteiger partial charge in [-0.2, -0.15) is 0 Å². The van der Waals surface area contributed by atoms with Gasteiger partial charge in [-0.1, -0.05) is 0 Å². The minimum atomic E-state index is -3.71. The van der Waals surface area contributed by atoms with Gasteiger partial charge in [0, 0.05) is 0 Å². The van der Waals surface area contributed by atoms with Crippen LogP contribution in [0.4, 0.5) is 0 Å². The van der Waals surface area contributed by atoms with Gasteiger partial charge in [0.1, 0.15) is 16.8 Å². The molecule has 0 saturated carbocycles. The first kappa shape index (κ1) is 13.1. The predicted octanol–water partition coefficient (Wildman–Crippen LogP) is -0.0582. The van der Waals surface area contributed by atoms with Gasteiger partial charge in [0.05, 0.1) is 6.61 Å². The molecule has 0 bridgehead atoms. The Morgan fingerprint density at radius 2 is 1.86 bits per heavy atom. The molecule has 0 aromatic rings. The minimum Gasteiger partial charge on any atom is -0.465 e. The van der Waals surface area contributed by atoms with E-state index in [4.69, 9.17) is 0 Å². The highest BCUT2D eigenvalue weighted by Gasteiger charge is 2.28. The van der Waals surface area contributed by atoms with Crippen LogP contribution in [0.5, 0.6) is 0 Å². The average Bonchev–Trinajstić information content (AvgIpc) is 2.02. The van der Waals surface area contributed by atoms with Crippen molar-refractivity contribution in [3.05, 3.63) is 0 Å². The van der Waals surface area contributed by atoms with Gasteiger partial charge in [0.2, 0.25) is 0 Å². The van der Waals surface area contributed by atoms with Gasteiger partial charge in [0.25, 0.3) is 0 Å². The highest BCUT2D eigenvalue weighted by atomic mass is 32.2. The van der Waals surface area contributed by atoms with Gasteiger partial charge < -0.3 is 4.74 Å². The summed E-state index contributed by atoms with van der Waals surface area (Å²) in [5.41, 5.74) is 0. The van der Waals surface area contributed by atoms with Crippen molar-refractivity contribution in [2.75, 3.05) is 12.4 Å². The Kier molecular flexibility index (Phi) is 4.76. The summed E-state index contributed by atoms with van der Waals surface area (Å²) in [6, 6.07) is 0. The second-order valence-corrected chi connectivity index (χ2v) is 5.19. The summed E-state index contributed by atoms with van der Waals surface area (Å²) >= 11 is 0. The molecule has 0 aliphatic carbocycles. The minimum absolute atomic E-state index is 0.128. The van der Waals surface area contributed by atoms with E-state index in [1.807, 2.05) is 0 Å². The van der Waals surface area contributed by atoms with Crippen LogP contribution >= 0.6 is 0 Å². The van der Waals surface area contributed by atoms with Crippen molar-refractivity contribution >= 4 is 21.6 Å². The number of hydrogen-bond acceptors (Lipinski definition) is 5. The van der Waals surface area contributed by atoms with E-state index in [1.54, 1.807) is 6.92 Å². The molecule has 6 heteroatoms. The third-order valence-corrected chi connectivity index (χ3v) is 3.78. The summed E-state index contributed by atoms with van der Waals surface area (Å²) in [6.45, 7) is 4.14. The van der Waals surface area contributed by atoms with Crippen molar-refractivity contribution in [1.29, 1.82) is 0 Å². The third-order valence-electron chi connectivity index (χ3n) is 1.74. The zero-order valence-corrected chi connectivity index (χ0v) is 9.26. The molecule has 1 atom stereocenters. The fourth-order valence-electron chi connectivity index (χ4n) is 0.745. The molecular formula is C8H14O5S. The molecule has 0 N–H and O–H groups in total. The highest BCUT2D eigenvalue weighted by molar-refractivity contribution is 7.93. The molecule has 14 heavy (non-hydrogen) atoms. The van der Waals surface area contributed by atoms with Crippen molar-refractivity contribution in [1.82, 2.24) is 0 Å². The number of Topliss-reactive ketones (excluding diaryl/α,β-unsaturated/α-hetero) is 1. The maximum absolute atomic E-state index is 11.3. The van der Waals surface area contributed by atoms with Gasteiger partial charge in [-0.05, 0) is 20.8 Å². The van der Waals surface area contributed by atoms with E-state index in [0.29, 0.717) is 0 Å². The fourth-order valence-corrected chi connectivity index (χ4v) is 1.91. The van der Waals surface area contributed by atoms with Crippen LogP contribution in [0.2, 0.25) is 0 Å². The molecule has 0 aliphatic heterocycles. The standard InChI is InChI=1S/C8H14O5S/c1-4-13-8(10)5-14(11,12)7(3)6(2)9/h7H,4-5H2,1-3H3. The highest BCUT2D eigenvalue weighted by Crippen LogP contribution is 2.03. The molecule has 0 aromatic carbocycles. The molecule has 0 spiro atoms. The van der Waals surface area contributed by atoms with Crippen LogP contribution < -0.4 is 0 Å². The number of carbonyl (C=O) groups is 2. The van der Waals surface area contributed by atoms with Gasteiger partial charge in [-0.25, -0.2) is 8.42 Å². The van der Waals surface area contributed by atoms with Crippen LogP contribution in [0.1, 0.15) is 20.8 Å². The van der Waals surface area contributed by atoms with Crippen molar-refractivity contribution in [2.24, 2.45) is 0 Å². The molecule has 82 valence electrons. The first-order valence-corrected chi connectivity index (χ1v) is 5.90. The second kappa shape index (κ2) is 5.09. The Bertz CT molecular complexity index is 317. The summed E-state index contributed by atoms with van der Waals surface area (Å²) in [5, 5.41) is -1.15. The number of ether oxygens (including phenoxy) is 1. The summed E-state index contributed by atoms with van der Waals surface area (Å²) < 4.78 is 27.1. The topological polar surface area (TPSA) is 77.5 Å². The van der Waals surface area contributed by atoms with Crippen LogP contribution in [0.15, 0.2) is 0 Å². The summed E-state index contributed by atoms with van der Waals surface area (Å²) in [6.07, 6.45) is 0. The first-order valence-electron chi connectivity index (χ1n) is 4.19. The van der Waals surface area contributed by atoms with Gasteiger partial charge in [-0.3, -0.25) is 9.59 Å².